The fourth-order valence-electron chi connectivity index (χ4n) is 2.67. The quantitative estimate of drug-likeness (QED) is 0.898. The van der Waals surface area contributed by atoms with E-state index in [1.54, 1.807) is 7.11 Å². The molecule has 0 saturated carbocycles. The van der Waals surface area contributed by atoms with Crippen LogP contribution in [0.15, 0.2) is 24.3 Å². The van der Waals surface area contributed by atoms with E-state index in [0.717, 1.165) is 32.5 Å². The first-order valence-electron chi connectivity index (χ1n) is 7.06. The van der Waals surface area contributed by atoms with Crippen LogP contribution < -0.4 is 0 Å². The molecule has 1 N–H and O–H groups in total. The minimum absolute atomic E-state index is 0.553. The Labute approximate surface area is 120 Å². The molecule has 0 aliphatic carbocycles. The standard InChI is InChI=1S/C16H23NO3/c1-16(15(18)19)7-9-17(10-8-16)11-13-5-3-4-6-14(13)12-20-2/h3-6H,7-12H2,1-2H3,(H,18,19). The van der Waals surface area contributed by atoms with E-state index in [1.165, 1.54) is 11.1 Å². The Balaban J connectivity index is 1.98. The number of nitrogens with zero attached hydrogens (tertiary/aromatic N) is 1. The van der Waals surface area contributed by atoms with Crippen molar-refractivity contribution in [3.8, 4) is 0 Å². The lowest BCUT2D eigenvalue weighted by molar-refractivity contribution is -0.150. The first-order valence-corrected chi connectivity index (χ1v) is 7.06. The molecule has 2 rings (SSSR count). The lowest BCUT2D eigenvalue weighted by atomic mass is 9.80. The van der Waals surface area contributed by atoms with Crippen molar-refractivity contribution < 1.29 is 14.6 Å². The summed E-state index contributed by atoms with van der Waals surface area (Å²) >= 11 is 0. The van der Waals surface area contributed by atoms with Crippen molar-refractivity contribution in [1.82, 2.24) is 4.90 Å². The second-order valence-corrected chi connectivity index (χ2v) is 5.84. The van der Waals surface area contributed by atoms with Crippen molar-refractivity contribution in [3.05, 3.63) is 35.4 Å². The van der Waals surface area contributed by atoms with Crippen LogP contribution in [0.3, 0.4) is 0 Å². The van der Waals surface area contributed by atoms with Gasteiger partial charge in [0.15, 0.2) is 0 Å². The van der Waals surface area contributed by atoms with E-state index in [2.05, 4.69) is 17.0 Å². The summed E-state index contributed by atoms with van der Waals surface area (Å²) in [4.78, 5) is 13.6. The normalized spacial score (nSPS) is 18.9. The van der Waals surface area contributed by atoms with Gasteiger partial charge in [-0.3, -0.25) is 9.69 Å². The summed E-state index contributed by atoms with van der Waals surface area (Å²) in [5.41, 5.74) is 1.93. The average Bonchev–Trinajstić information content (AvgIpc) is 2.44. The van der Waals surface area contributed by atoms with Crippen LogP contribution in [0.5, 0.6) is 0 Å². The van der Waals surface area contributed by atoms with E-state index in [1.807, 2.05) is 19.1 Å². The summed E-state index contributed by atoms with van der Waals surface area (Å²) in [5.74, 6) is -0.670. The molecule has 4 heteroatoms. The summed E-state index contributed by atoms with van der Waals surface area (Å²) in [6.07, 6.45) is 1.43. The van der Waals surface area contributed by atoms with Gasteiger partial charge < -0.3 is 9.84 Å². The molecule has 4 nitrogen and oxygen atoms in total. The number of hydrogen-bond acceptors (Lipinski definition) is 3. The maximum Gasteiger partial charge on any atom is 0.309 e. The summed E-state index contributed by atoms with van der Waals surface area (Å²) < 4.78 is 5.23. The highest BCUT2D eigenvalue weighted by Gasteiger charge is 2.36. The molecule has 0 unspecified atom stereocenters. The van der Waals surface area contributed by atoms with Crippen LogP contribution in [0.1, 0.15) is 30.9 Å². The Morgan fingerprint density at radius 2 is 1.90 bits per heavy atom. The molecule has 1 saturated heterocycles. The number of benzene rings is 1. The van der Waals surface area contributed by atoms with Crippen LogP contribution >= 0.6 is 0 Å². The fourth-order valence-corrected chi connectivity index (χ4v) is 2.67. The summed E-state index contributed by atoms with van der Waals surface area (Å²) in [6.45, 7) is 5.02. The first-order chi connectivity index (χ1) is 9.55. The highest BCUT2D eigenvalue weighted by Crippen LogP contribution is 2.31. The minimum Gasteiger partial charge on any atom is -0.481 e. The van der Waals surface area contributed by atoms with Crippen molar-refractivity contribution >= 4 is 5.97 Å². The largest absolute Gasteiger partial charge is 0.481 e. The van der Waals surface area contributed by atoms with Crippen molar-refractivity contribution in [2.24, 2.45) is 5.41 Å². The third kappa shape index (κ3) is 3.38. The highest BCUT2D eigenvalue weighted by atomic mass is 16.5. The van der Waals surface area contributed by atoms with Crippen LogP contribution in [0, 0.1) is 5.41 Å². The van der Waals surface area contributed by atoms with Crippen molar-refractivity contribution in [1.29, 1.82) is 0 Å². The topological polar surface area (TPSA) is 49.8 Å². The van der Waals surface area contributed by atoms with Gasteiger partial charge in [0.05, 0.1) is 12.0 Å². The maximum absolute atomic E-state index is 11.2. The van der Waals surface area contributed by atoms with E-state index < -0.39 is 11.4 Å². The zero-order chi connectivity index (χ0) is 14.6. The molecule has 1 aromatic rings. The van der Waals surface area contributed by atoms with Gasteiger partial charge >= 0.3 is 5.97 Å². The molecule has 1 heterocycles. The summed E-state index contributed by atoms with van der Waals surface area (Å²) in [5, 5.41) is 9.25. The van der Waals surface area contributed by atoms with Gasteiger partial charge in [-0.25, -0.2) is 0 Å². The van der Waals surface area contributed by atoms with E-state index in [0.29, 0.717) is 6.61 Å². The van der Waals surface area contributed by atoms with E-state index in [-0.39, 0.29) is 0 Å². The van der Waals surface area contributed by atoms with Crippen LogP contribution in [0.2, 0.25) is 0 Å². The average molecular weight is 277 g/mol. The first kappa shape index (κ1) is 15.0. The zero-order valence-electron chi connectivity index (χ0n) is 12.3. The third-order valence-corrected chi connectivity index (χ3v) is 4.29. The number of carbonyl (C=O) groups is 1. The molecule has 0 bridgehead atoms. The summed E-state index contributed by atoms with van der Waals surface area (Å²) in [7, 11) is 1.70. The number of aliphatic carboxylic acids is 1. The molecule has 0 spiro atoms. The number of ether oxygens (including phenoxy) is 1. The number of carboxylic acid groups (broad SMARTS) is 1. The minimum atomic E-state index is -0.670. The molecule has 0 amide bonds. The van der Waals surface area contributed by atoms with E-state index in [4.69, 9.17) is 4.74 Å². The summed E-state index contributed by atoms with van der Waals surface area (Å²) in [6, 6.07) is 8.28. The molecule has 0 atom stereocenters. The highest BCUT2D eigenvalue weighted by molar-refractivity contribution is 5.74. The second kappa shape index (κ2) is 6.37. The molecular weight excluding hydrogens is 254 g/mol. The van der Waals surface area contributed by atoms with Gasteiger partial charge in [0.1, 0.15) is 0 Å². The van der Waals surface area contributed by atoms with Gasteiger partial charge in [-0.05, 0) is 44.0 Å². The molecule has 0 aromatic heterocycles. The Hall–Kier alpha value is -1.39. The number of hydrogen-bond donors (Lipinski definition) is 1. The maximum atomic E-state index is 11.2. The molecular formula is C16H23NO3. The SMILES string of the molecule is COCc1ccccc1CN1CCC(C)(C(=O)O)CC1. The number of methoxy groups -OCH3 is 1. The Kier molecular flexibility index (Phi) is 4.78. The molecule has 1 aliphatic rings. The monoisotopic (exact) mass is 277 g/mol. The Morgan fingerprint density at radius 1 is 1.30 bits per heavy atom. The predicted octanol–water partition coefficient (Wildman–Crippen LogP) is 2.52. The second-order valence-electron chi connectivity index (χ2n) is 5.84. The van der Waals surface area contributed by atoms with E-state index in [9.17, 15) is 9.90 Å². The van der Waals surface area contributed by atoms with Gasteiger partial charge in [-0.1, -0.05) is 24.3 Å². The van der Waals surface area contributed by atoms with Crippen molar-refractivity contribution in [2.75, 3.05) is 20.2 Å². The lowest BCUT2D eigenvalue weighted by Gasteiger charge is -2.36. The molecule has 1 aromatic carbocycles. The molecule has 110 valence electrons. The number of likely N-dealkylation sites (tertiary alicyclic amines) is 1. The van der Waals surface area contributed by atoms with Gasteiger partial charge in [0, 0.05) is 13.7 Å². The van der Waals surface area contributed by atoms with Gasteiger partial charge in [0.25, 0.3) is 0 Å². The van der Waals surface area contributed by atoms with Gasteiger partial charge in [-0.15, -0.1) is 0 Å². The Morgan fingerprint density at radius 3 is 2.45 bits per heavy atom. The molecule has 20 heavy (non-hydrogen) atoms. The van der Waals surface area contributed by atoms with Crippen LogP contribution in [0.25, 0.3) is 0 Å². The Bertz CT molecular complexity index is 465. The van der Waals surface area contributed by atoms with Crippen molar-refractivity contribution in [3.63, 3.8) is 0 Å². The predicted molar refractivity (Wildman–Crippen MR) is 77.4 cm³/mol. The van der Waals surface area contributed by atoms with Crippen LogP contribution in [-0.2, 0) is 22.7 Å². The number of rotatable bonds is 5. The van der Waals surface area contributed by atoms with Gasteiger partial charge in [0.2, 0.25) is 0 Å². The molecule has 0 radical (unpaired) electrons. The van der Waals surface area contributed by atoms with Crippen LogP contribution in [0.4, 0.5) is 0 Å². The lowest BCUT2D eigenvalue weighted by Crippen LogP contribution is -2.42. The smallest absolute Gasteiger partial charge is 0.309 e. The zero-order valence-corrected chi connectivity index (χ0v) is 12.3. The van der Waals surface area contributed by atoms with Crippen molar-refractivity contribution in [2.45, 2.75) is 32.9 Å². The van der Waals surface area contributed by atoms with Crippen LogP contribution in [-0.4, -0.2) is 36.2 Å². The van der Waals surface area contributed by atoms with Gasteiger partial charge in [-0.2, -0.15) is 0 Å². The number of carboxylic acids is 1. The third-order valence-electron chi connectivity index (χ3n) is 4.29. The van der Waals surface area contributed by atoms with E-state index >= 15 is 0 Å². The fraction of sp³-hybridized carbons (Fsp3) is 0.562. The molecule has 1 aliphatic heterocycles. The number of piperidine rings is 1. The molecule has 1 fully saturated rings.